The predicted molar refractivity (Wildman–Crippen MR) is 39.4 cm³/mol. The third-order valence-electron chi connectivity index (χ3n) is 1.10. The Morgan fingerprint density at radius 1 is 1.22 bits per heavy atom. The fourth-order valence-corrected chi connectivity index (χ4v) is 0.671. The summed E-state index contributed by atoms with van der Waals surface area (Å²) >= 11 is 0. The molecule has 1 saturated heterocycles. The molecule has 0 radical (unpaired) electrons. The van der Waals surface area contributed by atoms with Crippen LogP contribution in [0.5, 0.6) is 0 Å². The average Bonchev–Trinajstić information content (AvgIpc) is 2.21. The molecule has 9 heavy (non-hydrogen) atoms. The van der Waals surface area contributed by atoms with Crippen molar-refractivity contribution in [3.8, 4) is 0 Å². The van der Waals surface area contributed by atoms with Crippen molar-refractivity contribution < 1.29 is 4.74 Å². The van der Waals surface area contributed by atoms with Gasteiger partial charge in [0.15, 0.2) is 0 Å². The van der Waals surface area contributed by atoms with Crippen LogP contribution in [0.4, 0.5) is 0 Å². The van der Waals surface area contributed by atoms with Crippen LogP contribution in [0, 0.1) is 0 Å². The Bertz CT molecular complexity index is 28.5. The Morgan fingerprint density at radius 2 is 2.00 bits per heavy atom. The summed E-state index contributed by atoms with van der Waals surface area (Å²) in [5.41, 5.74) is 0. The van der Waals surface area contributed by atoms with Gasteiger partial charge in [0.25, 0.3) is 0 Å². The molecular formula is C7H17NO. The molecule has 0 aromatic carbocycles. The number of nitrogens with one attached hydrogen (secondary N) is 1. The molecule has 1 aliphatic heterocycles. The van der Waals surface area contributed by atoms with Crippen LogP contribution in [-0.2, 0) is 4.74 Å². The highest BCUT2D eigenvalue weighted by atomic mass is 16.5. The quantitative estimate of drug-likeness (QED) is 0.536. The molecule has 0 spiro atoms. The summed E-state index contributed by atoms with van der Waals surface area (Å²) in [5, 5.41) is 3.12. The van der Waals surface area contributed by atoms with Crippen molar-refractivity contribution >= 4 is 0 Å². The van der Waals surface area contributed by atoms with E-state index in [1.165, 1.54) is 12.8 Å². The molecule has 1 rings (SSSR count). The summed E-state index contributed by atoms with van der Waals surface area (Å²) in [5.74, 6) is 0. The molecule has 2 heteroatoms. The summed E-state index contributed by atoms with van der Waals surface area (Å²) in [6.45, 7) is 6.81. The maximum absolute atomic E-state index is 5.08. The topological polar surface area (TPSA) is 21.3 Å². The zero-order valence-corrected chi connectivity index (χ0v) is 6.44. The highest BCUT2D eigenvalue weighted by Crippen LogP contribution is 1.90. The van der Waals surface area contributed by atoms with Crippen molar-refractivity contribution in [3.63, 3.8) is 0 Å². The minimum Gasteiger partial charge on any atom is -0.366 e. The van der Waals surface area contributed by atoms with Gasteiger partial charge in [0, 0.05) is 6.61 Å². The zero-order valence-electron chi connectivity index (χ0n) is 6.44. The van der Waals surface area contributed by atoms with Gasteiger partial charge >= 0.3 is 0 Å². The van der Waals surface area contributed by atoms with Crippen LogP contribution in [0.25, 0.3) is 0 Å². The third-order valence-corrected chi connectivity index (χ3v) is 1.10. The normalized spacial score (nSPS) is 19.3. The van der Waals surface area contributed by atoms with Crippen LogP contribution in [0.15, 0.2) is 0 Å². The van der Waals surface area contributed by atoms with Crippen molar-refractivity contribution in [3.05, 3.63) is 0 Å². The van der Waals surface area contributed by atoms with Gasteiger partial charge in [-0.3, -0.25) is 5.32 Å². The molecule has 0 atom stereocenters. The Kier molecular flexibility index (Phi) is 7.85. The minimum absolute atomic E-state index is 0.750. The van der Waals surface area contributed by atoms with Gasteiger partial charge in [-0.1, -0.05) is 13.8 Å². The zero-order chi connectivity index (χ0) is 6.95. The van der Waals surface area contributed by atoms with E-state index in [1.54, 1.807) is 0 Å². The molecule has 0 saturated carbocycles. The second kappa shape index (κ2) is 7.92. The summed E-state index contributed by atoms with van der Waals surface area (Å²) < 4.78 is 5.08. The van der Waals surface area contributed by atoms with Gasteiger partial charge in [-0.15, -0.1) is 0 Å². The second-order valence-electron chi connectivity index (χ2n) is 1.76. The van der Waals surface area contributed by atoms with Gasteiger partial charge in [-0.2, -0.15) is 0 Å². The van der Waals surface area contributed by atoms with Gasteiger partial charge in [-0.05, 0) is 19.4 Å². The second-order valence-corrected chi connectivity index (χ2v) is 1.76. The van der Waals surface area contributed by atoms with E-state index in [4.69, 9.17) is 4.74 Å². The standard InChI is InChI=1S/C5H11NO.C2H6/c1-2-4-7-5-6-3-1;1-2/h6H,1-5H2;1-2H3. The van der Waals surface area contributed by atoms with E-state index in [1.807, 2.05) is 13.8 Å². The lowest BCUT2D eigenvalue weighted by Crippen LogP contribution is -2.14. The molecule has 0 aromatic rings. The minimum atomic E-state index is 0.750. The van der Waals surface area contributed by atoms with Gasteiger partial charge in [0.1, 0.15) is 0 Å². The fraction of sp³-hybridized carbons (Fsp3) is 1.00. The first kappa shape index (κ1) is 8.92. The summed E-state index contributed by atoms with van der Waals surface area (Å²) in [4.78, 5) is 0. The lowest BCUT2D eigenvalue weighted by Gasteiger charge is -1.93. The van der Waals surface area contributed by atoms with E-state index in [0.717, 1.165) is 19.9 Å². The Hall–Kier alpha value is -0.0800. The molecule has 1 heterocycles. The number of hydrogen-bond acceptors (Lipinski definition) is 2. The smallest absolute Gasteiger partial charge is 0.0965 e. The lowest BCUT2D eigenvalue weighted by molar-refractivity contribution is 0.132. The fourth-order valence-electron chi connectivity index (χ4n) is 0.671. The molecule has 0 bridgehead atoms. The monoisotopic (exact) mass is 131 g/mol. The van der Waals surface area contributed by atoms with Crippen LogP contribution in [0.3, 0.4) is 0 Å². The Morgan fingerprint density at radius 3 is 2.78 bits per heavy atom. The van der Waals surface area contributed by atoms with Crippen LogP contribution in [-0.4, -0.2) is 19.9 Å². The molecule has 1 aliphatic rings. The van der Waals surface area contributed by atoms with Crippen molar-refractivity contribution in [1.82, 2.24) is 5.32 Å². The highest BCUT2D eigenvalue weighted by Gasteiger charge is 1.93. The number of ether oxygens (including phenoxy) is 1. The molecule has 1 fully saturated rings. The predicted octanol–water partition coefficient (Wildman–Crippen LogP) is 1.37. The molecule has 0 aromatic heterocycles. The van der Waals surface area contributed by atoms with Crippen molar-refractivity contribution in [2.75, 3.05) is 19.9 Å². The molecule has 1 N–H and O–H groups in total. The maximum Gasteiger partial charge on any atom is 0.0965 e. The molecular weight excluding hydrogens is 114 g/mol. The highest BCUT2D eigenvalue weighted by molar-refractivity contribution is 4.46. The van der Waals surface area contributed by atoms with Crippen molar-refractivity contribution in [1.29, 1.82) is 0 Å². The largest absolute Gasteiger partial charge is 0.366 e. The number of hydrogen-bond donors (Lipinski definition) is 1. The molecule has 0 aliphatic carbocycles. The van der Waals surface area contributed by atoms with Crippen molar-refractivity contribution in [2.45, 2.75) is 26.7 Å². The van der Waals surface area contributed by atoms with Gasteiger partial charge < -0.3 is 4.74 Å². The van der Waals surface area contributed by atoms with Gasteiger partial charge in [-0.25, -0.2) is 0 Å². The van der Waals surface area contributed by atoms with Crippen molar-refractivity contribution in [2.24, 2.45) is 0 Å². The first-order valence-electron chi connectivity index (χ1n) is 3.78. The van der Waals surface area contributed by atoms with Crippen LogP contribution >= 0.6 is 0 Å². The van der Waals surface area contributed by atoms with E-state index < -0.39 is 0 Å². The Labute approximate surface area is 57.6 Å². The Balaban J connectivity index is 0.000000291. The lowest BCUT2D eigenvalue weighted by atomic mass is 10.3. The summed E-state index contributed by atoms with van der Waals surface area (Å²) in [7, 11) is 0. The molecule has 56 valence electrons. The molecule has 0 unspecified atom stereocenters. The van der Waals surface area contributed by atoms with E-state index in [9.17, 15) is 0 Å². The maximum atomic E-state index is 5.08. The van der Waals surface area contributed by atoms with E-state index in [-0.39, 0.29) is 0 Å². The molecule has 0 amide bonds. The van der Waals surface area contributed by atoms with Crippen LogP contribution in [0.2, 0.25) is 0 Å². The number of rotatable bonds is 0. The first-order valence-corrected chi connectivity index (χ1v) is 3.78. The SMILES string of the molecule is C1CCOCNC1.CC. The third kappa shape index (κ3) is 5.80. The van der Waals surface area contributed by atoms with E-state index in [2.05, 4.69) is 5.32 Å². The summed E-state index contributed by atoms with van der Waals surface area (Å²) in [6.07, 6.45) is 2.48. The van der Waals surface area contributed by atoms with Gasteiger partial charge in [0.2, 0.25) is 0 Å². The van der Waals surface area contributed by atoms with E-state index in [0.29, 0.717) is 0 Å². The van der Waals surface area contributed by atoms with E-state index >= 15 is 0 Å². The first-order chi connectivity index (χ1) is 4.50. The van der Waals surface area contributed by atoms with Gasteiger partial charge in [0.05, 0.1) is 6.73 Å². The molecule has 2 nitrogen and oxygen atoms in total. The van der Waals surface area contributed by atoms with Crippen LogP contribution in [0.1, 0.15) is 26.7 Å². The van der Waals surface area contributed by atoms with Crippen LogP contribution < -0.4 is 5.32 Å². The average molecular weight is 131 g/mol. The summed E-state index contributed by atoms with van der Waals surface area (Å²) in [6, 6.07) is 0.